The summed E-state index contributed by atoms with van der Waals surface area (Å²) in [5.41, 5.74) is -0.615. The van der Waals surface area contributed by atoms with Crippen molar-refractivity contribution < 1.29 is 33.7 Å². The molecule has 0 radical (unpaired) electrons. The predicted octanol–water partition coefficient (Wildman–Crippen LogP) is 2.05. The third-order valence-corrected chi connectivity index (χ3v) is 7.51. The topological polar surface area (TPSA) is 99.1 Å². The van der Waals surface area contributed by atoms with Crippen LogP contribution in [-0.2, 0) is 28.6 Å². The van der Waals surface area contributed by atoms with Crippen LogP contribution in [0.2, 0.25) is 0 Å². The summed E-state index contributed by atoms with van der Waals surface area (Å²) in [6, 6.07) is 0. The van der Waals surface area contributed by atoms with Crippen molar-refractivity contribution in [3.05, 3.63) is 0 Å². The van der Waals surface area contributed by atoms with E-state index in [-0.39, 0.29) is 47.1 Å². The molecule has 0 aromatic rings. The second-order valence-electron chi connectivity index (χ2n) is 10.2. The fourth-order valence-corrected chi connectivity index (χ4v) is 6.15. The van der Waals surface area contributed by atoms with E-state index in [2.05, 4.69) is 27.7 Å². The fourth-order valence-electron chi connectivity index (χ4n) is 6.15. The van der Waals surface area contributed by atoms with Crippen molar-refractivity contribution in [1.29, 1.82) is 0 Å². The lowest BCUT2D eigenvalue weighted by molar-refractivity contribution is -0.170. The monoisotopic (exact) mass is 394 g/mol. The van der Waals surface area contributed by atoms with Gasteiger partial charge >= 0.3 is 17.9 Å². The maximum Gasteiger partial charge on any atom is 0.344 e. The Labute approximate surface area is 165 Å². The van der Waals surface area contributed by atoms with Crippen LogP contribution in [0.25, 0.3) is 0 Å². The summed E-state index contributed by atoms with van der Waals surface area (Å²) in [7, 11) is 0. The number of cyclic esters (lactones) is 1. The van der Waals surface area contributed by atoms with Crippen LogP contribution < -0.4 is 0 Å². The van der Waals surface area contributed by atoms with Gasteiger partial charge in [0.25, 0.3) is 0 Å². The normalized spacial score (nSPS) is 42.3. The van der Waals surface area contributed by atoms with Crippen LogP contribution in [0, 0.1) is 40.4 Å². The molecule has 156 valence electrons. The summed E-state index contributed by atoms with van der Waals surface area (Å²) in [4.78, 5) is 36.8. The van der Waals surface area contributed by atoms with Crippen molar-refractivity contribution in [1.82, 2.24) is 0 Å². The molecule has 4 aliphatic rings. The maximum absolute atomic E-state index is 12.7. The molecule has 1 aliphatic heterocycles. The Bertz CT molecular complexity index is 699. The van der Waals surface area contributed by atoms with E-state index in [0.29, 0.717) is 12.3 Å². The molecule has 4 rings (SSSR count). The highest BCUT2D eigenvalue weighted by Crippen LogP contribution is 2.67. The Balaban J connectivity index is 1.30. The van der Waals surface area contributed by atoms with Gasteiger partial charge in [-0.1, -0.05) is 27.7 Å². The molecule has 0 spiro atoms. The third kappa shape index (κ3) is 2.93. The Hall–Kier alpha value is -1.63. The lowest BCUT2D eigenvalue weighted by Gasteiger charge is -2.29. The van der Waals surface area contributed by atoms with Crippen LogP contribution in [0.3, 0.4) is 0 Å². The van der Waals surface area contributed by atoms with Gasteiger partial charge in [0.1, 0.15) is 6.10 Å². The molecule has 0 aromatic heterocycles. The van der Waals surface area contributed by atoms with Gasteiger partial charge in [0.15, 0.2) is 6.61 Å². The second-order valence-corrected chi connectivity index (χ2v) is 10.2. The highest BCUT2D eigenvalue weighted by atomic mass is 16.6. The van der Waals surface area contributed by atoms with Crippen molar-refractivity contribution in [3.8, 4) is 0 Å². The highest BCUT2D eigenvalue weighted by Gasteiger charge is 2.67. The number of rotatable bonds is 6. The number of aliphatic hydroxyl groups is 1. The molecule has 3 saturated carbocycles. The van der Waals surface area contributed by atoms with Crippen molar-refractivity contribution >= 4 is 17.9 Å². The first-order chi connectivity index (χ1) is 13.1. The summed E-state index contributed by atoms with van der Waals surface area (Å²) in [6.45, 7) is 7.86. The number of carbonyl (C=O) groups excluding carboxylic acids is 3. The molecule has 0 amide bonds. The SMILES string of the molecule is CC(C)CC1(C(=O)OCC(=O)OC2CC3CC2C2C(O)OC(=O)C32)CC1(C)C. The highest BCUT2D eigenvalue weighted by molar-refractivity contribution is 5.84. The molecule has 1 N–H and O–H groups in total. The average molecular weight is 394 g/mol. The van der Waals surface area contributed by atoms with E-state index in [4.69, 9.17) is 14.2 Å². The van der Waals surface area contributed by atoms with Crippen molar-refractivity contribution in [2.24, 2.45) is 40.4 Å². The van der Waals surface area contributed by atoms with Crippen molar-refractivity contribution in [2.45, 2.75) is 65.8 Å². The summed E-state index contributed by atoms with van der Waals surface area (Å²) < 4.78 is 15.8. The quantitative estimate of drug-likeness (QED) is 0.544. The molecule has 2 bridgehead atoms. The first kappa shape index (κ1) is 19.7. The van der Waals surface area contributed by atoms with Gasteiger partial charge in [-0.25, -0.2) is 4.79 Å². The summed E-state index contributed by atoms with van der Waals surface area (Å²) in [5, 5.41) is 9.98. The average Bonchev–Trinajstić information content (AvgIpc) is 2.96. The largest absolute Gasteiger partial charge is 0.460 e. The van der Waals surface area contributed by atoms with Crippen LogP contribution >= 0.6 is 0 Å². The van der Waals surface area contributed by atoms with E-state index >= 15 is 0 Å². The van der Waals surface area contributed by atoms with Gasteiger partial charge in [-0.3, -0.25) is 9.59 Å². The minimum Gasteiger partial charge on any atom is -0.460 e. The molecule has 1 heterocycles. The minimum atomic E-state index is -1.11. The van der Waals surface area contributed by atoms with Gasteiger partial charge in [0.2, 0.25) is 6.29 Å². The van der Waals surface area contributed by atoms with E-state index in [1.807, 2.05) is 0 Å². The number of esters is 3. The standard InChI is InChI=1S/C21H30O7/c1-10(2)7-21(9-20(21,3)4)19(25)26-8-14(22)27-13-6-11-5-12(13)16-15(11)17(23)28-18(16)24/h10-13,15-16,18,24H,5-9H2,1-4H3. The van der Waals surface area contributed by atoms with Gasteiger partial charge in [0.05, 0.1) is 11.3 Å². The molecule has 1 saturated heterocycles. The van der Waals surface area contributed by atoms with Gasteiger partial charge in [0, 0.05) is 11.8 Å². The summed E-state index contributed by atoms with van der Waals surface area (Å²) in [6.07, 6.45) is 1.40. The molecular weight excluding hydrogens is 364 g/mol. The van der Waals surface area contributed by atoms with Gasteiger partial charge in [-0.15, -0.1) is 0 Å². The Kier molecular flexibility index (Phi) is 4.53. The van der Waals surface area contributed by atoms with Crippen LogP contribution in [-0.4, -0.2) is 42.0 Å². The van der Waals surface area contributed by atoms with Gasteiger partial charge in [-0.05, 0) is 42.9 Å². The zero-order valence-electron chi connectivity index (χ0n) is 17.0. The van der Waals surface area contributed by atoms with Crippen molar-refractivity contribution in [3.63, 3.8) is 0 Å². The van der Waals surface area contributed by atoms with Crippen LogP contribution in [0.5, 0.6) is 0 Å². The number of carbonyl (C=O) groups is 3. The molecule has 7 heteroatoms. The Morgan fingerprint density at radius 1 is 1.29 bits per heavy atom. The number of fused-ring (bicyclic) bond motifs is 5. The molecule has 3 aliphatic carbocycles. The fraction of sp³-hybridized carbons (Fsp3) is 0.857. The summed E-state index contributed by atoms with van der Waals surface area (Å²) >= 11 is 0. The lowest BCUT2D eigenvalue weighted by atomic mass is 9.79. The third-order valence-electron chi connectivity index (χ3n) is 7.51. The smallest absolute Gasteiger partial charge is 0.344 e. The number of hydrogen-bond donors (Lipinski definition) is 1. The van der Waals surface area contributed by atoms with E-state index in [9.17, 15) is 19.5 Å². The zero-order valence-corrected chi connectivity index (χ0v) is 17.0. The number of hydrogen-bond acceptors (Lipinski definition) is 7. The maximum atomic E-state index is 12.7. The first-order valence-electron chi connectivity index (χ1n) is 10.3. The second kappa shape index (κ2) is 6.44. The molecule has 7 atom stereocenters. The molecular formula is C21H30O7. The van der Waals surface area contributed by atoms with Crippen LogP contribution in [0.15, 0.2) is 0 Å². The van der Waals surface area contributed by atoms with Crippen molar-refractivity contribution in [2.75, 3.05) is 6.61 Å². The molecule has 28 heavy (non-hydrogen) atoms. The van der Waals surface area contributed by atoms with Crippen LogP contribution in [0.4, 0.5) is 0 Å². The van der Waals surface area contributed by atoms with E-state index in [1.165, 1.54) is 0 Å². The number of ether oxygens (including phenoxy) is 3. The lowest BCUT2D eigenvalue weighted by Crippen LogP contribution is -2.38. The van der Waals surface area contributed by atoms with E-state index in [0.717, 1.165) is 19.3 Å². The first-order valence-corrected chi connectivity index (χ1v) is 10.3. The van der Waals surface area contributed by atoms with Gasteiger partial charge < -0.3 is 19.3 Å². The molecule has 7 unspecified atom stereocenters. The number of aliphatic hydroxyl groups excluding tert-OH is 1. The van der Waals surface area contributed by atoms with Gasteiger partial charge in [-0.2, -0.15) is 0 Å². The molecule has 4 fully saturated rings. The minimum absolute atomic E-state index is 0.0780. The summed E-state index contributed by atoms with van der Waals surface area (Å²) in [5.74, 6) is -1.43. The van der Waals surface area contributed by atoms with E-state index < -0.39 is 24.3 Å². The van der Waals surface area contributed by atoms with Crippen LogP contribution in [0.1, 0.15) is 53.4 Å². The van der Waals surface area contributed by atoms with E-state index in [1.54, 1.807) is 0 Å². The predicted molar refractivity (Wildman–Crippen MR) is 96.4 cm³/mol. The zero-order chi connectivity index (χ0) is 20.4. The Morgan fingerprint density at radius 2 is 1.96 bits per heavy atom. The Morgan fingerprint density at radius 3 is 2.57 bits per heavy atom. The molecule has 0 aromatic carbocycles. The molecule has 7 nitrogen and oxygen atoms in total.